The first-order valence-electron chi connectivity index (χ1n) is 8.98. The number of thiazole rings is 1. The molecule has 4 bridgehead atoms. The summed E-state index contributed by atoms with van der Waals surface area (Å²) in [6, 6.07) is 0. The van der Waals surface area contributed by atoms with E-state index in [0.29, 0.717) is 17.4 Å². The first-order valence-corrected chi connectivity index (χ1v) is 9.86. The van der Waals surface area contributed by atoms with Crippen molar-refractivity contribution in [1.29, 1.82) is 0 Å². The van der Waals surface area contributed by atoms with Crippen molar-refractivity contribution in [2.75, 3.05) is 19.0 Å². The van der Waals surface area contributed by atoms with Crippen molar-refractivity contribution < 1.29 is 19.1 Å². The number of nitrogens with one attached hydrogen (secondary N) is 1. The van der Waals surface area contributed by atoms with E-state index in [-0.39, 0.29) is 17.8 Å². The molecule has 0 aliphatic heterocycles. The normalized spacial score (nSPS) is 32.4. The largest absolute Gasteiger partial charge is 0.469 e. The van der Waals surface area contributed by atoms with Crippen LogP contribution in [0.2, 0.25) is 0 Å². The van der Waals surface area contributed by atoms with Crippen molar-refractivity contribution in [1.82, 2.24) is 4.98 Å². The van der Waals surface area contributed by atoms with Crippen LogP contribution in [0.5, 0.6) is 0 Å². The molecule has 0 aromatic carbocycles. The second-order valence-corrected chi connectivity index (χ2v) is 8.87. The first kappa shape index (κ1) is 16.8. The van der Waals surface area contributed by atoms with E-state index in [4.69, 9.17) is 4.74 Å². The van der Waals surface area contributed by atoms with E-state index in [9.17, 15) is 9.59 Å². The molecule has 1 aromatic rings. The highest BCUT2D eigenvalue weighted by molar-refractivity contribution is 7.13. The van der Waals surface area contributed by atoms with Gasteiger partial charge in [0.25, 0.3) is 0 Å². The fourth-order valence-corrected chi connectivity index (χ4v) is 6.17. The Morgan fingerprint density at radius 3 is 2.48 bits per heavy atom. The molecule has 0 radical (unpaired) electrons. The van der Waals surface area contributed by atoms with Crippen LogP contribution in [0.3, 0.4) is 0 Å². The van der Waals surface area contributed by atoms with Crippen LogP contribution in [0.4, 0.5) is 9.93 Å². The average molecular weight is 364 g/mol. The van der Waals surface area contributed by atoms with Gasteiger partial charge in [0.1, 0.15) is 0 Å². The molecule has 4 saturated carbocycles. The topological polar surface area (TPSA) is 77.5 Å². The Hall–Kier alpha value is -1.63. The lowest BCUT2D eigenvalue weighted by Crippen LogP contribution is -2.48. The number of carbonyl (C=O) groups is 2. The quantitative estimate of drug-likeness (QED) is 0.808. The van der Waals surface area contributed by atoms with Crippen LogP contribution in [0.25, 0.3) is 0 Å². The summed E-state index contributed by atoms with van der Waals surface area (Å²) in [7, 11) is 1.34. The minimum absolute atomic E-state index is 0.108. The van der Waals surface area contributed by atoms with Gasteiger partial charge < -0.3 is 9.47 Å². The van der Waals surface area contributed by atoms with E-state index in [1.807, 2.05) is 0 Å². The van der Waals surface area contributed by atoms with Gasteiger partial charge in [-0.15, -0.1) is 11.3 Å². The van der Waals surface area contributed by atoms with Crippen molar-refractivity contribution in [3.05, 3.63) is 11.1 Å². The highest BCUT2D eigenvalue weighted by atomic mass is 32.1. The number of amides is 1. The zero-order valence-electron chi connectivity index (χ0n) is 14.5. The number of hydrogen-bond donors (Lipinski definition) is 1. The maximum Gasteiger partial charge on any atom is 0.413 e. The highest BCUT2D eigenvalue weighted by Crippen LogP contribution is 2.60. The maximum absolute atomic E-state index is 12.1. The molecule has 4 fully saturated rings. The molecule has 6 nitrogen and oxygen atoms in total. The van der Waals surface area contributed by atoms with Crippen LogP contribution in [-0.4, -0.2) is 30.8 Å². The summed E-state index contributed by atoms with van der Waals surface area (Å²) in [6.07, 6.45) is 7.45. The number of aromatic nitrogens is 1. The van der Waals surface area contributed by atoms with Gasteiger partial charge in [0, 0.05) is 10.8 Å². The summed E-state index contributed by atoms with van der Waals surface area (Å²) in [5.74, 6) is 2.19. The van der Waals surface area contributed by atoms with Gasteiger partial charge in [-0.05, 0) is 56.3 Å². The molecule has 4 aliphatic carbocycles. The zero-order chi connectivity index (χ0) is 17.4. The molecule has 0 unspecified atom stereocenters. The van der Waals surface area contributed by atoms with Crippen LogP contribution in [-0.2, 0) is 20.7 Å². The lowest BCUT2D eigenvalue weighted by atomic mass is 9.50. The number of hydrogen-bond acceptors (Lipinski definition) is 6. The van der Waals surface area contributed by atoms with Gasteiger partial charge in [0.15, 0.2) is 5.13 Å². The first-order chi connectivity index (χ1) is 12.0. The highest BCUT2D eigenvalue weighted by Gasteiger charge is 2.51. The Kier molecular flexibility index (Phi) is 4.43. The molecule has 0 atom stereocenters. The molecule has 5 rings (SSSR count). The Labute approximate surface area is 151 Å². The number of nitrogens with zero attached hydrogens (tertiary/aromatic N) is 1. The number of methoxy groups -OCH3 is 1. The van der Waals surface area contributed by atoms with Gasteiger partial charge in [-0.3, -0.25) is 10.1 Å². The zero-order valence-corrected chi connectivity index (χ0v) is 15.3. The second kappa shape index (κ2) is 6.59. The van der Waals surface area contributed by atoms with Gasteiger partial charge in [0.2, 0.25) is 0 Å². The summed E-state index contributed by atoms with van der Waals surface area (Å²) in [5.41, 5.74) is 0.804. The van der Waals surface area contributed by atoms with Crippen LogP contribution in [0, 0.1) is 23.2 Å². The molecule has 1 heterocycles. The minimum Gasteiger partial charge on any atom is -0.469 e. The fraction of sp³-hybridized carbons (Fsp3) is 0.722. The number of carbonyl (C=O) groups excluding carboxylic acids is 2. The lowest BCUT2D eigenvalue weighted by Gasteiger charge is -2.56. The van der Waals surface area contributed by atoms with E-state index >= 15 is 0 Å². The summed E-state index contributed by atoms with van der Waals surface area (Å²) in [5, 5.41) is 4.88. The van der Waals surface area contributed by atoms with Gasteiger partial charge in [-0.1, -0.05) is 0 Å². The monoisotopic (exact) mass is 364 g/mol. The van der Waals surface area contributed by atoms with Gasteiger partial charge in [-0.2, -0.15) is 0 Å². The Balaban J connectivity index is 1.29. The lowest BCUT2D eigenvalue weighted by molar-refractivity contribution is -0.139. The number of anilines is 1. The molecular weight excluding hydrogens is 340 g/mol. The molecule has 1 amide bonds. The van der Waals surface area contributed by atoms with E-state index in [1.54, 1.807) is 5.38 Å². The molecule has 7 heteroatoms. The van der Waals surface area contributed by atoms with Crippen molar-refractivity contribution in [3.63, 3.8) is 0 Å². The molecular formula is C18H24N2O4S. The van der Waals surface area contributed by atoms with E-state index in [1.165, 1.54) is 57.0 Å². The average Bonchev–Trinajstić information content (AvgIpc) is 2.98. The van der Waals surface area contributed by atoms with Crippen molar-refractivity contribution in [2.45, 2.75) is 44.9 Å². The Morgan fingerprint density at radius 1 is 1.24 bits per heavy atom. The van der Waals surface area contributed by atoms with Gasteiger partial charge >= 0.3 is 12.1 Å². The van der Waals surface area contributed by atoms with Crippen molar-refractivity contribution in [3.8, 4) is 0 Å². The summed E-state index contributed by atoms with van der Waals surface area (Å²) in [6.45, 7) is 0.517. The Morgan fingerprint density at radius 2 is 1.88 bits per heavy atom. The molecule has 0 spiro atoms. The summed E-state index contributed by atoms with van der Waals surface area (Å²) in [4.78, 5) is 27.6. The second-order valence-electron chi connectivity index (χ2n) is 8.02. The number of ether oxygens (including phenoxy) is 2. The fourth-order valence-electron chi connectivity index (χ4n) is 5.47. The predicted octanol–water partition coefficient (Wildman–Crippen LogP) is 3.62. The standard InChI is InChI=1S/C18H24N2O4S/c1-23-15(21)5-14-9-25-16(19-14)20-17(22)24-10-18-6-11-2-12(7-18)4-13(3-11)8-18/h9,11-13H,2-8,10H2,1H3,(H,19,20,22). The van der Waals surface area contributed by atoms with Gasteiger partial charge in [0.05, 0.1) is 25.8 Å². The number of rotatable bonds is 5. The van der Waals surface area contributed by atoms with Crippen LogP contribution < -0.4 is 5.32 Å². The van der Waals surface area contributed by atoms with E-state index in [2.05, 4.69) is 15.0 Å². The molecule has 136 valence electrons. The molecule has 25 heavy (non-hydrogen) atoms. The third-order valence-electron chi connectivity index (χ3n) is 5.99. The summed E-state index contributed by atoms with van der Waals surface area (Å²) < 4.78 is 10.2. The smallest absolute Gasteiger partial charge is 0.413 e. The maximum atomic E-state index is 12.1. The third kappa shape index (κ3) is 3.66. The van der Waals surface area contributed by atoms with Crippen LogP contribution >= 0.6 is 11.3 Å². The minimum atomic E-state index is -0.449. The van der Waals surface area contributed by atoms with Crippen LogP contribution in [0.15, 0.2) is 5.38 Å². The third-order valence-corrected chi connectivity index (χ3v) is 6.79. The van der Waals surface area contributed by atoms with E-state index < -0.39 is 6.09 Å². The van der Waals surface area contributed by atoms with Crippen molar-refractivity contribution >= 4 is 28.5 Å². The molecule has 1 aromatic heterocycles. The summed E-state index contributed by atoms with van der Waals surface area (Å²) >= 11 is 1.28. The molecule has 4 aliphatic rings. The van der Waals surface area contributed by atoms with E-state index in [0.717, 1.165) is 17.8 Å². The Bertz CT molecular complexity index is 637. The van der Waals surface area contributed by atoms with Gasteiger partial charge in [-0.25, -0.2) is 9.78 Å². The van der Waals surface area contributed by atoms with Crippen molar-refractivity contribution in [2.24, 2.45) is 23.2 Å². The predicted molar refractivity (Wildman–Crippen MR) is 93.4 cm³/mol. The SMILES string of the molecule is COC(=O)Cc1csc(NC(=O)OCC23CC4CC(CC(C4)C2)C3)n1. The molecule has 1 N–H and O–H groups in total. The number of esters is 1. The van der Waals surface area contributed by atoms with Crippen LogP contribution in [0.1, 0.15) is 44.2 Å². The molecule has 0 saturated heterocycles.